The molecule has 7 nitrogen and oxygen atoms in total. The standard InChI is InChI=1S/C23H27N5O2/c1-15(28-11-9-25-16(28)2)12-21(29)27-10-5-7-18(14-27)22-19(23(24)30)13-17-6-3-4-8-20(17)26-22/h3-4,6,8-9,11,13,15,18H,5,7,10,12,14H2,1-2H3,(H2,24,30). The molecule has 0 radical (unpaired) electrons. The maximum Gasteiger partial charge on any atom is 0.250 e. The van der Waals surface area contributed by atoms with Crippen LogP contribution in [0.1, 0.15) is 60.0 Å². The van der Waals surface area contributed by atoms with Gasteiger partial charge in [-0.1, -0.05) is 18.2 Å². The summed E-state index contributed by atoms with van der Waals surface area (Å²) in [5.41, 5.74) is 7.67. The van der Waals surface area contributed by atoms with Gasteiger partial charge < -0.3 is 15.2 Å². The van der Waals surface area contributed by atoms with Gasteiger partial charge in [0.05, 0.1) is 16.8 Å². The number of nitrogens with two attached hydrogens (primary N) is 1. The topological polar surface area (TPSA) is 94.1 Å². The number of aromatic nitrogens is 3. The number of likely N-dealkylation sites (tertiary alicyclic amines) is 1. The first-order valence-corrected chi connectivity index (χ1v) is 10.4. The van der Waals surface area contributed by atoms with Crippen LogP contribution >= 0.6 is 0 Å². The number of amides is 2. The van der Waals surface area contributed by atoms with Crippen molar-refractivity contribution in [3.63, 3.8) is 0 Å². The number of rotatable bonds is 5. The molecule has 0 saturated carbocycles. The van der Waals surface area contributed by atoms with Crippen LogP contribution in [0.4, 0.5) is 0 Å². The molecular formula is C23H27N5O2. The van der Waals surface area contributed by atoms with Gasteiger partial charge in [-0.15, -0.1) is 0 Å². The van der Waals surface area contributed by atoms with Crippen molar-refractivity contribution in [2.24, 2.45) is 5.73 Å². The zero-order valence-corrected chi connectivity index (χ0v) is 17.4. The number of pyridine rings is 1. The Bertz CT molecular complexity index is 1090. The fourth-order valence-corrected chi connectivity index (χ4v) is 4.40. The Morgan fingerprint density at radius 3 is 2.83 bits per heavy atom. The van der Waals surface area contributed by atoms with Crippen molar-refractivity contribution < 1.29 is 9.59 Å². The van der Waals surface area contributed by atoms with Crippen LogP contribution < -0.4 is 5.73 Å². The normalized spacial score (nSPS) is 17.8. The van der Waals surface area contributed by atoms with E-state index in [4.69, 9.17) is 10.7 Å². The van der Waals surface area contributed by atoms with E-state index >= 15 is 0 Å². The van der Waals surface area contributed by atoms with E-state index in [1.165, 1.54) is 0 Å². The summed E-state index contributed by atoms with van der Waals surface area (Å²) in [5, 5.41) is 0.892. The molecular weight excluding hydrogens is 378 g/mol. The Hall–Kier alpha value is -3.22. The molecule has 7 heteroatoms. The zero-order chi connectivity index (χ0) is 21.3. The molecule has 4 rings (SSSR count). The van der Waals surface area contributed by atoms with Crippen LogP contribution in [0.3, 0.4) is 0 Å². The molecule has 1 aliphatic heterocycles. The lowest BCUT2D eigenvalue weighted by atomic mass is 9.90. The van der Waals surface area contributed by atoms with E-state index in [-0.39, 0.29) is 17.9 Å². The molecule has 2 aromatic heterocycles. The molecule has 2 unspecified atom stereocenters. The Kier molecular flexibility index (Phi) is 5.53. The molecule has 3 aromatic rings. The Morgan fingerprint density at radius 2 is 2.10 bits per heavy atom. The van der Waals surface area contributed by atoms with Crippen molar-refractivity contribution in [3.8, 4) is 0 Å². The Morgan fingerprint density at radius 1 is 1.30 bits per heavy atom. The summed E-state index contributed by atoms with van der Waals surface area (Å²) in [4.78, 5) is 36.1. The highest BCUT2D eigenvalue weighted by molar-refractivity contribution is 5.97. The van der Waals surface area contributed by atoms with E-state index in [1.54, 1.807) is 6.20 Å². The number of carbonyl (C=O) groups is 2. The van der Waals surface area contributed by atoms with Gasteiger partial charge >= 0.3 is 0 Å². The quantitative estimate of drug-likeness (QED) is 0.705. The fourth-order valence-electron chi connectivity index (χ4n) is 4.40. The minimum atomic E-state index is -0.476. The van der Waals surface area contributed by atoms with Gasteiger partial charge in [0.2, 0.25) is 5.91 Å². The number of carbonyl (C=O) groups excluding carboxylic acids is 2. The van der Waals surface area contributed by atoms with E-state index in [0.717, 1.165) is 36.1 Å². The van der Waals surface area contributed by atoms with Crippen LogP contribution in [-0.4, -0.2) is 44.3 Å². The molecule has 0 spiro atoms. The second-order valence-electron chi connectivity index (χ2n) is 8.09. The SMILES string of the molecule is Cc1nccn1C(C)CC(=O)N1CCCC(c2nc3ccccc3cc2C(N)=O)C1. The summed E-state index contributed by atoms with van der Waals surface area (Å²) in [6.07, 6.45) is 5.83. The summed E-state index contributed by atoms with van der Waals surface area (Å²) >= 11 is 0. The van der Waals surface area contributed by atoms with Crippen LogP contribution in [0, 0.1) is 6.92 Å². The number of para-hydroxylation sites is 1. The Labute approximate surface area is 175 Å². The van der Waals surface area contributed by atoms with Crippen LogP contribution in [0.2, 0.25) is 0 Å². The first-order valence-electron chi connectivity index (χ1n) is 10.4. The van der Waals surface area contributed by atoms with Gasteiger partial charge in [-0.05, 0) is 38.8 Å². The van der Waals surface area contributed by atoms with E-state index in [2.05, 4.69) is 4.98 Å². The highest BCUT2D eigenvalue weighted by Gasteiger charge is 2.29. The smallest absolute Gasteiger partial charge is 0.250 e. The molecule has 0 aliphatic carbocycles. The molecule has 30 heavy (non-hydrogen) atoms. The molecule has 1 saturated heterocycles. The minimum Gasteiger partial charge on any atom is -0.366 e. The molecule has 3 heterocycles. The van der Waals surface area contributed by atoms with Crippen molar-refractivity contribution in [1.29, 1.82) is 0 Å². The maximum atomic E-state index is 13.0. The van der Waals surface area contributed by atoms with E-state index in [9.17, 15) is 9.59 Å². The van der Waals surface area contributed by atoms with Gasteiger partial charge in [-0.2, -0.15) is 0 Å². The summed E-state index contributed by atoms with van der Waals surface area (Å²) in [6.45, 7) is 5.25. The average molecular weight is 406 g/mol. The second kappa shape index (κ2) is 8.26. The predicted octanol–water partition coefficient (Wildman–Crippen LogP) is 3.20. The first-order chi connectivity index (χ1) is 14.4. The predicted molar refractivity (Wildman–Crippen MR) is 115 cm³/mol. The molecule has 2 atom stereocenters. The van der Waals surface area contributed by atoms with E-state index < -0.39 is 5.91 Å². The molecule has 2 amide bonds. The van der Waals surface area contributed by atoms with Crippen molar-refractivity contribution in [2.75, 3.05) is 13.1 Å². The lowest BCUT2D eigenvalue weighted by molar-refractivity contribution is -0.133. The average Bonchev–Trinajstić information content (AvgIpc) is 3.18. The fraction of sp³-hybridized carbons (Fsp3) is 0.391. The lowest BCUT2D eigenvalue weighted by Crippen LogP contribution is -2.40. The third kappa shape index (κ3) is 3.92. The van der Waals surface area contributed by atoms with Crippen molar-refractivity contribution >= 4 is 22.7 Å². The summed E-state index contributed by atoms with van der Waals surface area (Å²) in [5.74, 6) is 0.538. The van der Waals surface area contributed by atoms with Crippen molar-refractivity contribution in [3.05, 3.63) is 59.8 Å². The number of primary amides is 1. The van der Waals surface area contributed by atoms with Crippen LogP contribution in [0.15, 0.2) is 42.7 Å². The number of imidazole rings is 1. The lowest BCUT2D eigenvalue weighted by Gasteiger charge is -2.34. The second-order valence-corrected chi connectivity index (χ2v) is 8.09. The first kappa shape index (κ1) is 20.1. The van der Waals surface area contributed by atoms with Crippen LogP contribution in [-0.2, 0) is 4.79 Å². The van der Waals surface area contributed by atoms with Gasteiger partial charge in [-0.25, -0.2) is 4.98 Å². The molecule has 2 N–H and O–H groups in total. The highest BCUT2D eigenvalue weighted by Crippen LogP contribution is 2.31. The zero-order valence-electron chi connectivity index (χ0n) is 17.4. The molecule has 1 aliphatic rings. The summed E-state index contributed by atoms with van der Waals surface area (Å²) in [7, 11) is 0. The number of hydrogen-bond donors (Lipinski definition) is 1. The summed E-state index contributed by atoms with van der Waals surface area (Å²) in [6, 6.07) is 9.57. The van der Waals surface area contributed by atoms with Crippen molar-refractivity contribution in [2.45, 2.75) is 45.1 Å². The summed E-state index contributed by atoms with van der Waals surface area (Å²) < 4.78 is 2.02. The van der Waals surface area contributed by atoms with Gasteiger partial charge in [0.15, 0.2) is 0 Å². The number of benzene rings is 1. The number of fused-ring (bicyclic) bond motifs is 1. The molecule has 156 valence electrons. The van der Waals surface area contributed by atoms with Crippen LogP contribution in [0.5, 0.6) is 0 Å². The van der Waals surface area contributed by atoms with E-state index in [0.29, 0.717) is 24.2 Å². The van der Waals surface area contributed by atoms with Gasteiger partial charge in [-0.3, -0.25) is 14.6 Å². The molecule has 0 bridgehead atoms. The molecule has 1 aromatic carbocycles. The minimum absolute atomic E-state index is 0.0000865. The number of aryl methyl sites for hydroxylation is 1. The Balaban J connectivity index is 1.55. The third-order valence-electron chi connectivity index (χ3n) is 5.99. The number of nitrogens with zero attached hydrogens (tertiary/aromatic N) is 4. The molecule has 1 fully saturated rings. The van der Waals surface area contributed by atoms with Gasteiger partial charge in [0.25, 0.3) is 5.91 Å². The number of hydrogen-bond acceptors (Lipinski definition) is 4. The largest absolute Gasteiger partial charge is 0.366 e. The van der Waals surface area contributed by atoms with Gasteiger partial charge in [0, 0.05) is 49.2 Å². The van der Waals surface area contributed by atoms with Crippen LogP contribution in [0.25, 0.3) is 10.9 Å². The van der Waals surface area contributed by atoms with E-state index in [1.807, 2.05) is 59.8 Å². The highest BCUT2D eigenvalue weighted by atomic mass is 16.2. The van der Waals surface area contributed by atoms with Crippen molar-refractivity contribution in [1.82, 2.24) is 19.4 Å². The third-order valence-corrected chi connectivity index (χ3v) is 5.99. The monoisotopic (exact) mass is 405 g/mol. The maximum absolute atomic E-state index is 13.0. The number of piperidine rings is 1. The van der Waals surface area contributed by atoms with Gasteiger partial charge in [0.1, 0.15) is 5.82 Å².